The monoisotopic (exact) mass is 364 g/mol. The summed E-state index contributed by atoms with van der Waals surface area (Å²) < 4.78 is 7.84. The van der Waals surface area contributed by atoms with E-state index in [4.69, 9.17) is 4.42 Å². The molecule has 6 heteroatoms. The lowest BCUT2D eigenvalue weighted by Crippen LogP contribution is -2.40. The Morgan fingerprint density at radius 3 is 2.85 bits per heavy atom. The van der Waals surface area contributed by atoms with E-state index < -0.39 is 0 Å². The molecule has 0 N–H and O–H groups in total. The third kappa shape index (κ3) is 3.65. The zero-order valence-corrected chi connectivity index (χ0v) is 15.8. The minimum Gasteiger partial charge on any atom is -0.441 e. The quantitative estimate of drug-likeness (QED) is 0.712. The highest BCUT2D eigenvalue weighted by Crippen LogP contribution is 2.27. The van der Waals surface area contributed by atoms with Crippen LogP contribution in [0.2, 0.25) is 0 Å². The fourth-order valence-corrected chi connectivity index (χ4v) is 3.74. The van der Waals surface area contributed by atoms with Gasteiger partial charge in [0.15, 0.2) is 0 Å². The van der Waals surface area contributed by atoms with Crippen LogP contribution in [-0.2, 0) is 18.3 Å². The van der Waals surface area contributed by atoms with Gasteiger partial charge in [-0.3, -0.25) is 4.79 Å². The van der Waals surface area contributed by atoms with Crippen LogP contribution >= 0.6 is 0 Å². The van der Waals surface area contributed by atoms with Crippen molar-refractivity contribution in [2.75, 3.05) is 13.1 Å². The summed E-state index contributed by atoms with van der Waals surface area (Å²) in [6.45, 7) is 3.38. The van der Waals surface area contributed by atoms with Gasteiger partial charge in [0.05, 0.1) is 12.1 Å². The molecule has 1 amide bonds. The Balaban J connectivity index is 1.46. The normalized spacial score (nSPS) is 17.3. The second-order valence-electron chi connectivity index (χ2n) is 7.14. The first-order valence-electron chi connectivity index (χ1n) is 9.38. The summed E-state index contributed by atoms with van der Waals surface area (Å²) in [5, 5.41) is 0. The zero-order valence-electron chi connectivity index (χ0n) is 15.8. The lowest BCUT2D eigenvalue weighted by Gasteiger charge is -2.32. The molecule has 27 heavy (non-hydrogen) atoms. The van der Waals surface area contributed by atoms with Gasteiger partial charge in [-0.25, -0.2) is 9.97 Å². The van der Waals surface area contributed by atoms with Crippen molar-refractivity contribution in [1.29, 1.82) is 0 Å². The summed E-state index contributed by atoms with van der Waals surface area (Å²) in [6.07, 6.45) is 6.11. The molecular weight excluding hydrogens is 340 g/mol. The largest absolute Gasteiger partial charge is 0.441 e. The number of rotatable bonds is 4. The predicted octanol–water partition coefficient (Wildman–Crippen LogP) is 3.33. The molecule has 0 spiro atoms. The predicted molar refractivity (Wildman–Crippen MR) is 102 cm³/mol. The molecule has 2 aromatic heterocycles. The topological polar surface area (TPSA) is 64.2 Å². The Morgan fingerprint density at radius 2 is 2.11 bits per heavy atom. The number of imidazole rings is 1. The first kappa shape index (κ1) is 17.5. The fraction of sp³-hybridized carbons (Fsp3) is 0.381. The van der Waals surface area contributed by atoms with Crippen LogP contribution < -0.4 is 0 Å². The highest BCUT2D eigenvalue weighted by Gasteiger charge is 2.28. The second kappa shape index (κ2) is 7.39. The Morgan fingerprint density at radius 1 is 1.30 bits per heavy atom. The Bertz CT molecular complexity index is 929. The molecule has 0 saturated carbocycles. The van der Waals surface area contributed by atoms with Crippen LogP contribution in [0, 0.1) is 6.92 Å². The Hall–Kier alpha value is -2.89. The Labute approximate surface area is 158 Å². The van der Waals surface area contributed by atoms with Crippen molar-refractivity contribution in [1.82, 2.24) is 19.4 Å². The minimum atomic E-state index is 0.102. The minimum absolute atomic E-state index is 0.102. The number of oxazole rings is 1. The van der Waals surface area contributed by atoms with Crippen molar-refractivity contribution >= 4 is 5.91 Å². The molecule has 1 fully saturated rings. The number of likely N-dealkylation sites (tertiary alicyclic amines) is 1. The van der Waals surface area contributed by atoms with E-state index in [-0.39, 0.29) is 12.3 Å². The van der Waals surface area contributed by atoms with E-state index in [0.29, 0.717) is 24.1 Å². The van der Waals surface area contributed by atoms with E-state index in [2.05, 4.69) is 9.97 Å². The van der Waals surface area contributed by atoms with E-state index in [1.807, 2.05) is 66.2 Å². The summed E-state index contributed by atoms with van der Waals surface area (Å²) in [6, 6.07) is 9.77. The van der Waals surface area contributed by atoms with Crippen molar-refractivity contribution in [2.24, 2.45) is 7.05 Å². The number of piperidine rings is 1. The number of carbonyl (C=O) groups excluding carboxylic acids is 1. The van der Waals surface area contributed by atoms with Crippen LogP contribution in [0.4, 0.5) is 0 Å². The maximum atomic E-state index is 12.9. The smallest absolute Gasteiger partial charge is 0.228 e. The molecule has 1 aliphatic rings. The number of hydrogen-bond donors (Lipinski definition) is 0. The van der Waals surface area contributed by atoms with Gasteiger partial charge in [-0.2, -0.15) is 0 Å². The van der Waals surface area contributed by atoms with Crippen molar-refractivity contribution in [3.8, 4) is 11.5 Å². The van der Waals surface area contributed by atoms with Gasteiger partial charge in [0.2, 0.25) is 11.8 Å². The summed E-state index contributed by atoms with van der Waals surface area (Å²) in [7, 11) is 2.01. The molecule has 0 radical (unpaired) electrons. The van der Waals surface area contributed by atoms with Gasteiger partial charge in [0.25, 0.3) is 0 Å². The molecule has 0 aliphatic carbocycles. The van der Waals surface area contributed by atoms with Crippen LogP contribution in [0.5, 0.6) is 0 Å². The summed E-state index contributed by atoms with van der Waals surface area (Å²) in [5.41, 5.74) is 1.64. The van der Waals surface area contributed by atoms with Crippen LogP contribution in [0.25, 0.3) is 11.5 Å². The lowest BCUT2D eigenvalue weighted by molar-refractivity contribution is -0.131. The highest BCUT2D eigenvalue weighted by atomic mass is 16.4. The van der Waals surface area contributed by atoms with E-state index in [1.165, 1.54) is 0 Å². The van der Waals surface area contributed by atoms with E-state index in [0.717, 1.165) is 36.5 Å². The molecule has 3 aromatic rings. The number of amides is 1. The number of carbonyl (C=O) groups is 1. The van der Waals surface area contributed by atoms with Gasteiger partial charge in [-0.1, -0.05) is 18.2 Å². The zero-order chi connectivity index (χ0) is 18.8. The molecule has 4 rings (SSSR count). The van der Waals surface area contributed by atoms with Gasteiger partial charge in [-0.15, -0.1) is 0 Å². The molecule has 140 valence electrons. The number of hydrogen-bond acceptors (Lipinski definition) is 4. The van der Waals surface area contributed by atoms with E-state index >= 15 is 0 Å². The second-order valence-corrected chi connectivity index (χ2v) is 7.14. The van der Waals surface area contributed by atoms with Crippen molar-refractivity contribution in [3.63, 3.8) is 0 Å². The average Bonchev–Trinajstić information content (AvgIpc) is 3.28. The number of aromatic nitrogens is 3. The standard InChI is InChI=1S/C21H24N4O2/c1-15-18(23-21(27-15)16-7-4-3-5-8-16)13-19(26)25-11-6-9-17(14-25)20-22-10-12-24(20)2/h3-5,7-8,10,12,17H,6,9,11,13-14H2,1-2H3/t17-/m1/s1. The van der Waals surface area contributed by atoms with Gasteiger partial charge in [-0.05, 0) is 31.9 Å². The molecule has 0 unspecified atom stereocenters. The van der Waals surface area contributed by atoms with Crippen molar-refractivity contribution < 1.29 is 9.21 Å². The van der Waals surface area contributed by atoms with Gasteiger partial charge in [0, 0.05) is 44.0 Å². The fourth-order valence-electron chi connectivity index (χ4n) is 3.74. The first-order chi connectivity index (χ1) is 13.1. The lowest BCUT2D eigenvalue weighted by atomic mass is 9.96. The number of aryl methyl sites for hydroxylation is 2. The summed E-state index contributed by atoms with van der Waals surface area (Å²) in [5.74, 6) is 2.72. The van der Waals surface area contributed by atoms with Crippen LogP contribution in [0.1, 0.15) is 36.0 Å². The molecule has 1 saturated heterocycles. The van der Waals surface area contributed by atoms with Gasteiger partial charge in [0.1, 0.15) is 11.6 Å². The van der Waals surface area contributed by atoms with Crippen LogP contribution in [0.15, 0.2) is 47.1 Å². The summed E-state index contributed by atoms with van der Waals surface area (Å²) in [4.78, 5) is 23.9. The number of benzene rings is 1. The molecule has 1 aliphatic heterocycles. The molecule has 6 nitrogen and oxygen atoms in total. The molecular formula is C21H24N4O2. The summed E-state index contributed by atoms with van der Waals surface area (Å²) >= 11 is 0. The van der Waals surface area contributed by atoms with Crippen LogP contribution in [0.3, 0.4) is 0 Å². The first-order valence-corrected chi connectivity index (χ1v) is 9.38. The average molecular weight is 364 g/mol. The van der Waals surface area contributed by atoms with Gasteiger partial charge < -0.3 is 13.9 Å². The highest BCUT2D eigenvalue weighted by molar-refractivity contribution is 5.79. The maximum Gasteiger partial charge on any atom is 0.228 e. The molecule has 1 atom stereocenters. The maximum absolute atomic E-state index is 12.9. The molecule has 0 bridgehead atoms. The number of nitrogens with zero attached hydrogens (tertiary/aromatic N) is 4. The molecule has 1 aromatic carbocycles. The van der Waals surface area contributed by atoms with E-state index in [1.54, 1.807) is 0 Å². The van der Waals surface area contributed by atoms with Crippen molar-refractivity contribution in [2.45, 2.75) is 32.1 Å². The SMILES string of the molecule is Cc1oc(-c2ccccc2)nc1CC(=O)N1CCC[C@@H](c2nccn2C)C1. The van der Waals surface area contributed by atoms with Crippen LogP contribution in [-0.4, -0.2) is 38.4 Å². The van der Waals surface area contributed by atoms with E-state index in [9.17, 15) is 4.79 Å². The third-order valence-electron chi connectivity index (χ3n) is 5.23. The third-order valence-corrected chi connectivity index (χ3v) is 5.23. The Kier molecular flexibility index (Phi) is 4.79. The van der Waals surface area contributed by atoms with Gasteiger partial charge >= 0.3 is 0 Å². The molecule has 3 heterocycles. The van der Waals surface area contributed by atoms with Crippen molar-refractivity contribution in [3.05, 3.63) is 60.0 Å².